The predicted molar refractivity (Wildman–Crippen MR) is 101 cm³/mol. The smallest absolute Gasteiger partial charge is 0.261 e. The van der Waals surface area contributed by atoms with Crippen LogP contribution in [0.3, 0.4) is 0 Å². The number of nitrogens with one attached hydrogen (secondary N) is 1. The number of benzene rings is 2. The molecule has 2 aromatic carbocycles. The Balaban J connectivity index is 1.51. The molecule has 6 heteroatoms. The highest BCUT2D eigenvalue weighted by Crippen LogP contribution is 2.20. The molecule has 0 saturated carbocycles. The summed E-state index contributed by atoms with van der Waals surface area (Å²) in [6.45, 7) is 0.265. The summed E-state index contributed by atoms with van der Waals surface area (Å²) in [6, 6.07) is 16.6. The molecule has 0 spiro atoms. The van der Waals surface area contributed by atoms with E-state index in [-0.39, 0.29) is 24.4 Å². The zero-order valence-corrected chi connectivity index (χ0v) is 13.9. The number of hydrogen-bond acceptors (Lipinski definition) is 4. The van der Waals surface area contributed by atoms with Gasteiger partial charge in [-0.2, -0.15) is 0 Å². The zero-order valence-electron chi connectivity index (χ0n) is 13.9. The molecule has 1 amide bonds. The Bertz CT molecular complexity index is 1160. The molecule has 2 heterocycles. The van der Waals surface area contributed by atoms with E-state index in [1.807, 2.05) is 36.4 Å². The second kappa shape index (κ2) is 6.76. The number of amides is 1. The summed E-state index contributed by atoms with van der Waals surface area (Å²) in [7, 11) is 0. The van der Waals surface area contributed by atoms with Crippen LogP contribution in [0.2, 0.25) is 0 Å². The highest BCUT2D eigenvalue weighted by Gasteiger charge is 2.09. The van der Waals surface area contributed by atoms with Gasteiger partial charge < -0.3 is 5.32 Å². The number of carbonyl (C=O) groups excluding carboxylic acids is 1. The number of carbonyl (C=O) groups is 1. The number of anilines is 1. The molecule has 2 aromatic heterocycles. The minimum atomic E-state index is -0.178. The van der Waals surface area contributed by atoms with E-state index in [1.54, 1.807) is 24.4 Å². The van der Waals surface area contributed by atoms with E-state index in [1.165, 1.54) is 10.9 Å². The Labute approximate surface area is 149 Å². The maximum Gasteiger partial charge on any atom is 0.261 e. The van der Waals surface area contributed by atoms with Gasteiger partial charge in [-0.25, -0.2) is 4.98 Å². The molecule has 0 saturated heterocycles. The summed E-state index contributed by atoms with van der Waals surface area (Å²) in [5.74, 6) is -0.178. The number of nitrogens with zero attached hydrogens (tertiary/aromatic N) is 3. The minimum absolute atomic E-state index is 0.143. The van der Waals surface area contributed by atoms with Crippen molar-refractivity contribution in [3.63, 3.8) is 0 Å². The monoisotopic (exact) mass is 344 g/mol. The molecule has 0 aliphatic heterocycles. The van der Waals surface area contributed by atoms with Crippen molar-refractivity contribution in [3.8, 4) is 0 Å². The topological polar surface area (TPSA) is 76.9 Å². The maximum atomic E-state index is 12.5. The molecule has 0 bridgehead atoms. The summed E-state index contributed by atoms with van der Waals surface area (Å²) in [6.07, 6.45) is 3.35. The van der Waals surface area contributed by atoms with Crippen LogP contribution in [0.15, 0.2) is 71.9 Å². The van der Waals surface area contributed by atoms with E-state index in [9.17, 15) is 9.59 Å². The van der Waals surface area contributed by atoms with Gasteiger partial charge in [-0.15, -0.1) is 0 Å². The lowest BCUT2D eigenvalue weighted by Gasteiger charge is -2.09. The SMILES string of the molecule is O=C(CCn1cnc2ccccc2c1=O)Nc1cccc2cccnc12. The minimum Gasteiger partial charge on any atom is -0.324 e. The van der Waals surface area contributed by atoms with Crippen LogP contribution in [-0.4, -0.2) is 20.4 Å². The second-order valence-corrected chi connectivity index (χ2v) is 5.94. The van der Waals surface area contributed by atoms with E-state index < -0.39 is 0 Å². The first-order valence-corrected chi connectivity index (χ1v) is 8.30. The predicted octanol–water partition coefficient (Wildman–Crippen LogP) is 2.97. The van der Waals surface area contributed by atoms with Gasteiger partial charge in [-0.05, 0) is 24.3 Å². The summed E-state index contributed by atoms with van der Waals surface area (Å²) in [4.78, 5) is 33.4. The average Bonchev–Trinajstić information content (AvgIpc) is 2.68. The molecule has 0 fully saturated rings. The lowest BCUT2D eigenvalue weighted by atomic mass is 10.2. The summed E-state index contributed by atoms with van der Waals surface area (Å²) in [5.41, 5.74) is 1.92. The van der Waals surface area contributed by atoms with Crippen molar-refractivity contribution in [1.29, 1.82) is 0 Å². The number of aryl methyl sites for hydroxylation is 1. The van der Waals surface area contributed by atoms with Gasteiger partial charge in [0.1, 0.15) is 0 Å². The van der Waals surface area contributed by atoms with E-state index in [0.717, 1.165) is 10.9 Å². The van der Waals surface area contributed by atoms with Crippen molar-refractivity contribution >= 4 is 33.4 Å². The maximum absolute atomic E-state index is 12.5. The van der Waals surface area contributed by atoms with Crippen LogP contribution >= 0.6 is 0 Å². The van der Waals surface area contributed by atoms with Crippen molar-refractivity contribution in [2.75, 3.05) is 5.32 Å². The standard InChI is InChI=1S/C20H16N4O2/c25-18(23-17-9-3-5-14-6-4-11-21-19(14)17)10-12-24-13-22-16-8-2-1-7-15(16)20(24)26/h1-9,11,13H,10,12H2,(H,23,25). The first kappa shape index (κ1) is 16.0. The molecular weight excluding hydrogens is 328 g/mol. The highest BCUT2D eigenvalue weighted by atomic mass is 16.2. The third kappa shape index (κ3) is 3.04. The Morgan fingerprint density at radius 2 is 1.85 bits per heavy atom. The van der Waals surface area contributed by atoms with Crippen molar-refractivity contribution in [2.45, 2.75) is 13.0 Å². The summed E-state index contributed by atoms with van der Waals surface area (Å²) in [5, 5.41) is 4.38. The van der Waals surface area contributed by atoms with Gasteiger partial charge >= 0.3 is 0 Å². The van der Waals surface area contributed by atoms with Crippen molar-refractivity contribution < 1.29 is 4.79 Å². The molecule has 0 unspecified atom stereocenters. The number of aromatic nitrogens is 3. The van der Waals surface area contributed by atoms with Crippen molar-refractivity contribution in [2.24, 2.45) is 0 Å². The number of pyridine rings is 1. The van der Waals surface area contributed by atoms with Gasteiger partial charge in [-0.1, -0.05) is 30.3 Å². The van der Waals surface area contributed by atoms with E-state index in [2.05, 4.69) is 15.3 Å². The fraction of sp³-hybridized carbons (Fsp3) is 0.100. The van der Waals surface area contributed by atoms with Gasteiger partial charge in [0.15, 0.2) is 0 Å². The number of para-hydroxylation sites is 2. The molecule has 4 aromatic rings. The second-order valence-electron chi connectivity index (χ2n) is 5.94. The fourth-order valence-corrected chi connectivity index (χ4v) is 2.91. The van der Waals surface area contributed by atoms with E-state index >= 15 is 0 Å². The fourth-order valence-electron chi connectivity index (χ4n) is 2.91. The molecule has 0 aliphatic rings. The highest BCUT2D eigenvalue weighted by molar-refractivity contribution is 6.00. The Kier molecular flexibility index (Phi) is 4.15. The van der Waals surface area contributed by atoms with Crippen molar-refractivity contribution in [1.82, 2.24) is 14.5 Å². The number of fused-ring (bicyclic) bond motifs is 2. The number of hydrogen-bond donors (Lipinski definition) is 1. The average molecular weight is 344 g/mol. The Morgan fingerprint density at radius 3 is 2.77 bits per heavy atom. The van der Waals surface area contributed by atoms with Gasteiger partial charge in [0.25, 0.3) is 5.56 Å². The van der Waals surface area contributed by atoms with Gasteiger partial charge in [0.2, 0.25) is 5.91 Å². The molecule has 6 nitrogen and oxygen atoms in total. The molecule has 4 rings (SSSR count). The van der Waals surface area contributed by atoms with E-state index in [0.29, 0.717) is 16.6 Å². The third-order valence-electron chi connectivity index (χ3n) is 4.22. The molecule has 128 valence electrons. The zero-order chi connectivity index (χ0) is 17.9. The van der Waals surface area contributed by atoms with Gasteiger partial charge in [0.05, 0.1) is 28.4 Å². The van der Waals surface area contributed by atoms with Crippen LogP contribution < -0.4 is 10.9 Å². The van der Waals surface area contributed by atoms with Crippen LogP contribution in [0.25, 0.3) is 21.8 Å². The van der Waals surface area contributed by atoms with Gasteiger partial charge in [0, 0.05) is 24.5 Å². The summed E-state index contributed by atoms with van der Waals surface area (Å²) >= 11 is 0. The lowest BCUT2D eigenvalue weighted by molar-refractivity contribution is -0.116. The largest absolute Gasteiger partial charge is 0.324 e. The lowest BCUT2D eigenvalue weighted by Crippen LogP contribution is -2.23. The molecule has 26 heavy (non-hydrogen) atoms. The van der Waals surface area contributed by atoms with E-state index in [4.69, 9.17) is 0 Å². The molecule has 0 aliphatic carbocycles. The Hall–Kier alpha value is -3.54. The quantitative estimate of drug-likeness (QED) is 0.617. The van der Waals surface area contributed by atoms with Crippen LogP contribution in [-0.2, 0) is 11.3 Å². The molecular formula is C20H16N4O2. The third-order valence-corrected chi connectivity index (χ3v) is 4.22. The first-order valence-electron chi connectivity index (χ1n) is 8.30. The molecule has 1 N–H and O–H groups in total. The van der Waals surface area contributed by atoms with Crippen LogP contribution in [0.5, 0.6) is 0 Å². The van der Waals surface area contributed by atoms with Crippen LogP contribution in [0.4, 0.5) is 5.69 Å². The summed E-state index contributed by atoms with van der Waals surface area (Å²) < 4.78 is 1.46. The van der Waals surface area contributed by atoms with Crippen molar-refractivity contribution in [3.05, 3.63) is 77.5 Å². The van der Waals surface area contributed by atoms with Crippen LogP contribution in [0, 0.1) is 0 Å². The molecule has 0 atom stereocenters. The first-order chi connectivity index (χ1) is 12.7. The Morgan fingerprint density at radius 1 is 1.00 bits per heavy atom. The van der Waals surface area contributed by atoms with Crippen LogP contribution in [0.1, 0.15) is 6.42 Å². The molecule has 0 radical (unpaired) electrons. The number of rotatable bonds is 4. The normalized spacial score (nSPS) is 10.9. The van der Waals surface area contributed by atoms with Gasteiger partial charge in [-0.3, -0.25) is 19.1 Å².